The van der Waals surface area contributed by atoms with Crippen molar-refractivity contribution in [1.29, 1.82) is 0 Å². The van der Waals surface area contributed by atoms with Gasteiger partial charge in [-0.05, 0) is 30.9 Å². The predicted octanol–water partition coefficient (Wildman–Crippen LogP) is 4.09. The number of hydrogen-bond donors (Lipinski definition) is 1. The molecule has 0 aliphatic carbocycles. The Bertz CT molecular complexity index is 320. The maximum absolute atomic E-state index is 10.5. The minimum absolute atomic E-state index is 0.265. The second kappa shape index (κ2) is 5.13. The van der Waals surface area contributed by atoms with Gasteiger partial charge >= 0.3 is 0 Å². The Hall–Kier alpha value is -0.340. The fraction of sp³-hybridized carbons (Fsp3) is 0.538. The zero-order valence-electron chi connectivity index (χ0n) is 9.63. The van der Waals surface area contributed by atoms with E-state index in [1.54, 1.807) is 0 Å². The SMILES string of the molecule is CCCC(C)C(C)(O)c1ccccc1Br. The maximum atomic E-state index is 10.5. The fourth-order valence-electron chi connectivity index (χ4n) is 1.85. The molecule has 2 atom stereocenters. The summed E-state index contributed by atoms with van der Waals surface area (Å²) in [6.45, 7) is 6.14. The quantitative estimate of drug-likeness (QED) is 0.874. The van der Waals surface area contributed by atoms with Gasteiger partial charge in [0.25, 0.3) is 0 Å². The van der Waals surface area contributed by atoms with E-state index in [2.05, 4.69) is 29.8 Å². The van der Waals surface area contributed by atoms with Crippen LogP contribution in [0.15, 0.2) is 28.7 Å². The Kier molecular flexibility index (Phi) is 4.35. The second-order valence-electron chi connectivity index (χ2n) is 4.32. The van der Waals surface area contributed by atoms with Gasteiger partial charge in [-0.25, -0.2) is 0 Å². The van der Waals surface area contributed by atoms with Gasteiger partial charge in [-0.3, -0.25) is 0 Å². The van der Waals surface area contributed by atoms with E-state index in [0.29, 0.717) is 0 Å². The largest absolute Gasteiger partial charge is 0.385 e. The highest BCUT2D eigenvalue weighted by molar-refractivity contribution is 9.10. The molecule has 1 N–H and O–H groups in total. The zero-order chi connectivity index (χ0) is 11.5. The van der Waals surface area contributed by atoms with E-state index in [1.165, 1.54) is 0 Å². The van der Waals surface area contributed by atoms with Crippen LogP contribution in [0.2, 0.25) is 0 Å². The molecule has 0 fully saturated rings. The fourth-order valence-corrected chi connectivity index (χ4v) is 2.54. The van der Waals surface area contributed by atoms with Crippen LogP contribution in [0.25, 0.3) is 0 Å². The Morgan fingerprint density at radius 2 is 2.00 bits per heavy atom. The van der Waals surface area contributed by atoms with Gasteiger partial charge in [0, 0.05) is 4.47 Å². The lowest BCUT2D eigenvalue weighted by Crippen LogP contribution is -2.30. The first-order valence-corrected chi connectivity index (χ1v) is 6.26. The summed E-state index contributed by atoms with van der Waals surface area (Å²) < 4.78 is 0.984. The standard InChI is InChI=1S/C13H19BrO/c1-4-7-10(2)13(3,15)11-8-5-6-9-12(11)14/h5-6,8-10,15H,4,7H2,1-3H3. The van der Waals surface area contributed by atoms with E-state index in [-0.39, 0.29) is 5.92 Å². The highest BCUT2D eigenvalue weighted by Gasteiger charge is 2.31. The number of halogens is 1. The van der Waals surface area contributed by atoms with E-state index < -0.39 is 5.60 Å². The van der Waals surface area contributed by atoms with Gasteiger partial charge in [0.15, 0.2) is 0 Å². The van der Waals surface area contributed by atoms with Crippen molar-refractivity contribution in [2.75, 3.05) is 0 Å². The maximum Gasteiger partial charge on any atom is 0.0904 e. The van der Waals surface area contributed by atoms with Crippen LogP contribution in [0.4, 0.5) is 0 Å². The Morgan fingerprint density at radius 1 is 1.40 bits per heavy atom. The molecule has 0 saturated heterocycles. The smallest absolute Gasteiger partial charge is 0.0904 e. The highest BCUT2D eigenvalue weighted by atomic mass is 79.9. The van der Waals surface area contributed by atoms with Gasteiger partial charge < -0.3 is 5.11 Å². The third kappa shape index (κ3) is 2.82. The number of benzene rings is 1. The molecule has 2 unspecified atom stereocenters. The van der Waals surface area contributed by atoms with E-state index in [1.807, 2.05) is 31.2 Å². The van der Waals surface area contributed by atoms with E-state index >= 15 is 0 Å². The Labute approximate surface area is 101 Å². The van der Waals surface area contributed by atoms with Crippen molar-refractivity contribution < 1.29 is 5.11 Å². The van der Waals surface area contributed by atoms with Crippen molar-refractivity contribution in [3.05, 3.63) is 34.3 Å². The molecule has 1 aromatic carbocycles. The summed E-state index contributed by atoms with van der Waals surface area (Å²) in [5.74, 6) is 0.265. The second-order valence-corrected chi connectivity index (χ2v) is 5.17. The first-order chi connectivity index (χ1) is 7.00. The molecule has 0 aliphatic heterocycles. The van der Waals surface area contributed by atoms with Gasteiger partial charge in [-0.2, -0.15) is 0 Å². The molecule has 1 nitrogen and oxygen atoms in total. The van der Waals surface area contributed by atoms with E-state index in [9.17, 15) is 5.11 Å². The minimum atomic E-state index is -0.754. The van der Waals surface area contributed by atoms with Crippen LogP contribution in [0.3, 0.4) is 0 Å². The molecule has 84 valence electrons. The van der Waals surface area contributed by atoms with Crippen molar-refractivity contribution in [3.8, 4) is 0 Å². The van der Waals surface area contributed by atoms with Crippen LogP contribution in [0.5, 0.6) is 0 Å². The monoisotopic (exact) mass is 270 g/mol. The molecular formula is C13H19BrO. The van der Waals surface area contributed by atoms with Gasteiger partial charge in [-0.15, -0.1) is 0 Å². The molecular weight excluding hydrogens is 252 g/mol. The lowest BCUT2D eigenvalue weighted by molar-refractivity contribution is -0.00285. The van der Waals surface area contributed by atoms with Crippen molar-refractivity contribution in [1.82, 2.24) is 0 Å². The lowest BCUT2D eigenvalue weighted by Gasteiger charge is -2.31. The number of hydrogen-bond acceptors (Lipinski definition) is 1. The van der Waals surface area contributed by atoms with Crippen LogP contribution in [0, 0.1) is 5.92 Å². The summed E-state index contributed by atoms with van der Waals surface area (Å²) in [6.07, 6.45) is 2.14. The molecule has 2 heteroatoms. The van der Waals surface area contributed by atoms with Gasteiger partial charge in [0.1, 0.15) is 0 Å². The van der Waals surface area contributed by atoms with Crippen LogP contribution < -0.4 is 0 Å². The summed E-state index contributed by atoms with van der Waals surface area (Å²) in [7, 11) is 0. The van der Waals surface area contributed by atoms with Crippen LogP contribution in [-0.4, -0.2) is 5.11 Å². The van der Waals surface area contributed by atoms with Crippen LogP contribution >= 0.6 is 15.9 Å². The molecule has 0 amide bonds. The average molecular weight is 271 g/mol. The normalized spacial score (nSPS) is 17.1. The van der Waals surface area contributed by atoms with Gasteiger partial charge in [-0.1, -0.05) is 54.4 Å². The molecule has 0 saturated carbocycles. The van der Waals surface area contributed by atoms with Crippen molar-refractivity contribution >= 4 is 15.9 Å². The summed E-state index contributed by atoms with van der Waals surface area (Å²) >= 11 is 3.49. The first kappa shape index (κ1) is 12.7. The molecule has 1 aromatic rings. The highest BCUT2D eigenvalue weighted by Crippen LogP contribution is 2.35. The van der Waals surface area contributed by atoms with Gasteiger partial charge in [0.05, 0.1) is 5.60 Å². The Balaban J connectivity index is 2.99. The third-order valence-electron chi connectivity index (χ3n) is 3.10. The molecule has 1 rings (SSSR count). The predicted molar refractivity (Wildman–Crippen MR) is 67.8 cm³/mol. The average Bonchev–Trinajstić information content (AvgIpc) is 2.18. The summed E-state index contributed by atoms with van der Waals surface area (Å²) in [4.78, 5) is 0. The lowest BCUT2D eigenvalue weighted by atomic mass is 9.82. The van der Waals surface area contributed by atoms with E-state index in [4.69, 9.17) is 0 Å². The molecule has 0 bridgehead atoms. The zero-order valence-corrected chi connectivity index (χ0v) is 11.2. The molecule has 0 radical (unpaired) electrons. The third-order valence-corrected chi connectivity index (χ3v) is 3.79. The van der Waals surface area contributed by atoms with Crippen LogP contribution in [-0.2, 0) is 5.60 Å². The van der Waals surface area contributed by atoms with Crippen molar-refractivity contribution in [2.24, 2.45) is 5.92 Å². The summed E-state index contributed by atoms with van der Waals surface area (Å²) in [6, 6.07) is 7.89. The topological polar surface area (TPSA) is 20.2 Å². The number of aliphatic hydroxyl groups is 1. The van der Waals surface area contributed by atoms with Crippen LogP contribution in [0.1, 0.15) is 39.2 Å². The molecule has 0 heterocycles. The molecule has 0 spiro atoms. The van der Waals surface area contributed by atoms with E-state index in [0.717, 1.165) is 22.9 Å². The van der Waals surface area contributed by atoms with Gasteiger partial charge in [0.2, 0.25) is 0 Å². The Morgan fingerprint density at radius 3 is 2.53 bits per heavy atom. The summed E-state index contributed by atoms with van der Waals surface area (Å²) in [5, 5.41) is 10.5. The molecule has 15 heavy (non-hydrogen) atoms. The van der Waals surface area contributed by atoms with Crippen molar-refractivity contribution in [3.63, 3.8) is 0 Å². The van der Waals surface area contributed by atoms with Crippen molar-refractivity contribution in [2.45, 2.75) is 39.2 Å². The molecule has 0 aliphatic rings. The number of rotatable bonds is 4. The molecule has 0 aromatic heterocycles. The minimum Gasteiger partial charge on any atom is -0.385 e. The first-order valence-electron chi connectivity index (χ1n) is 5.47. The summed E-state index contributed by atoms with van der Waals surface area (Å²) in [5.41, 5.74) is 0.224.